The standard InChI is InChI=1S/C20H28N2O3/c1-14-11-12-18(24-14)15(2)21-17-10-8-7-9-16(17)13-22(6)19(23)25-20(3,4)5/h7-12,15,21H,13H2,1-6H3. The van der Waals surface area contributed by atoms with E-state index in [1.54, 1.807) is 11.9 Å². The summed E-state index contributed by atoms with van der Waals surface area (Å²) in [7, 11) is 1.74. The van der Waals surface area contributed by atoms with Gasteiger partial charge in [0.05, 0.1) is 12.6 Å². The summed E-state index contributed by atoms with van der Waals surface area (Å²) in [5.41, 5.74) is 1.49. The number of furan rings is 1. The minimum Gasteiger partial charge on any atom is -0.464 e. The number of benzene rings is 1. The quantitative estimate of drug-likeness (QED) is 0.817. The summed E-state index contributed by atoms with van der Waals surface area (Å²) in [6.45, 7) is 10.0. The van der Waals surface area contributed by atoms with Crippen molar-refractivity contribution in [3.05, 3.63) is 53.5 Å². The molecule has 1 aromatic carbocycles. The zero-order chi connectivity index (χ0) is 18.6. The van der Waals surface area contributed by atoms with Crippen molar-refractivity contribution in [2.45, 2.75) is 52.8 Å². The molecular formula is C20H28N2O3. The van der Waals surface area contributed by atoms with E-state index in [1.807, 2.05) is 71.0 Å². The first kappa shape index (κ1) is 18.9. The van der Waals surface area contributed by atoms with Gasteiger partial charge in [-0.25, -0.2) is 4.79 Å². The summed E-state index contributed by atoms with van der Waals surface area (Å²) in [4.78, 5) is 13.8. The predicted molar refractivity (Wildman–Crippen MR) is 99.6 cm³/mol. The molecule has 1 atom stereocenters. The topological polar surface area (TPSA) is 54.7 Å². The van der Waals surface area contributed by atoms with Gasteiger partial charge in [-0.1, -0.05) is 18.2 Å². The van der Waals surface area contributed by atoms with Crippen LogP contribution in [0.5, 0.6) is 0 Å². The Hall–Kier alpha value is -2.43. The SMILES string of the molecule is Cc1ccc(C(C)Nc2ccccc2CN(C)C(=O)OC(C)(C)C)o1. The van der Waals surface area contributed by atoms with Crippen LogP contribution in [0.4, 0.5) is 10.5 Å². The van der Waals surface area contributed by atoms with E-state index in [0.29, 0.717) is 6.54 Å². The van der Waals surface area contributed by atoms with Gasteiger partial charge < -0.3 is 19.4 Å². The number of ether oxygens (including phenoxy) is 1. The second-order valence-corrected chi connectivity index (χ2v) is 7.31. The molecule has 1 aromatic heterocycles. The molecule has 0 bridgehead atoms. The Morgan fingerprint density at radius 1 is 1.24 bits per heavy atom. The van der Waals surface area contributed by atoms with Crippen LogP contribution in [0, 0.1) is 6.92 Å². The van der Waals surface area contributed by atoms with Crippen LogP contribution in [0.15, 0.2) is 40.8 Å². The van der Waals surface area contributed by atoms with Gasteiger partial charge in [-0.3, -0.25) is 0 Å². The molecule has 25 heavy (non-hydrogen) atoms. The molecule has 0 radical (unpaired) electrons. The van der Waals surface area contributed by atoms with E-state index in [-0.39, 0.29) is 12.1 Å². The molecule has 1 unspecified atom stereocenters. The molecule has 5 nitrogen and oxygen atoms in total. The first-order valence-corrected chi connectivity index (χ1v) is 8.50. The van der Waals surface area contributed by atoms with E-state index >= 15 is 0 Å². The second-order valence-electron chi connectivity index (χ2n) is 7.31. The lowest BCUT2D eigenvalue weighted by Gasteiger charge is -2.25. The smallest absolute Gasteiger partial charge is 0.410 e. The number of amides is 1. The Morgan fingerprint density at radius 3 is 2.52 bits per heavy atom. The predicted octanol–water partition coefficient (Wildman–Crippen LogP) is 5.13. The van der Waals surface area contributed by atoms with Gasteiger partial charge in [0.15, 0.2) is 0 Å². The number of para-hydroxylation sites is 1. The van der Waals surface area contributed by atoms with Crippen LogP contribution < -0.4 is 5.32 Å². The largest absolute Gasteiger partial charge is 0.464 e. The number of anilines is 1. The lowest BCUT2D eigenvalue weighted by Crippen LogP contribution is -2.34. The number of rotatable bonds is 5. The number of carbonyl (C=O) groups is 1. The maximum atomic E-state index is 12.2. The zero-order valence-corrected chi connectivity index (χ0v) is 15.9. The first-order chi connectivity index (χ1) is 11.7. The van der Waals surface area contributed by atoms with Crippen LogP contribution in [-0.4, -0.2) is 23.6 Å². The molecule has 5 heteroatoms. The Kier molecular flexibility index (Phi) is 5.77. The van der Waals surface area contributed by atoms with Crippen LogP contribution in [-0.2, 0) is 11.3 Å². The van der Waals surface area contributed by atoms with Crippen molar-refractivity contribution in [2.24, 2.45) is 0 Å². The average molecular weight is 344 g/mol. The van der Waals surface area contributed by atoms with Gasteiger partial charge in [0.2, 0.25) is 0 Å². The highest BCUT2D eigenvalue weighted by Gasteiger charge is 2.20. The van der Waals surface area contributed by atoms with E-state index < -0.39 is 5.60 Å². The Labute approximate surface area is 150 Å². The fraction of sp³-hybridized carbons (Fsp3) is 0.450. The van der Waals surface area contributed by atoms with Gasteiger partial charge in [0.1, 0.15) is 17.1 Å². The Morgan fingerprint density at radius 2 is 1.92 bits per heavy atom. The molecule has 1 amide bonds. The maximum absolute atomic E-state index is 12.2. The first-order valence-electron chi connectivity index (χ1n) is 8.50. The normalized spacial score (nSPS) is 12.6. The lowest BCUT2D eigenvalue weighted by atomic mass is 10.1. The van der Waals surface area contributed by atoms with Gasteiger partial charge in [0, 0.05) is 12.7 Å². The van der Waals surface area contributed by atoms with Crippen molar-refractivity contribution >= 4 is 11.8 Å². The van der Waals surface area contributed by atoms with Crippen LogP contribution >= 0.6 is 0 Å². The Balaban J connectivity index is 2.08. The highest BCUT2D eigenvalue weighted by molar-refractivity contribution is 5.68. The van der Waals surface area contributed by atoms with Crippen LogP contribution in [0.3, 0.4) is 0 Å². The van der Waals surface area contributed by atoms with Crippen LogP contribution in [0.25, 0.3) is 0 Å². The molecule has 0 saturated heterocycles. The molecule has 0 fully saturated rings. The second kappa shape index (κ2) is 7.64. The summed E-state index contributed by atoms with van der Waals surface area (Å²) in [5.74, 6) is 1.77. The van der Waals surface area contributed by atoms with Crippen molar-refractivity contribution in [1.82, 2.24) is 4.90 Å². The molecule has 0 aliphatic rings. The third kappa shape index (κ3) is 5.55. The lowest BCUT2D eigenvalue weighted by molar-refractivity contribution is 0.0285. The van der Waals surface area contributed by atoms with E-state index in [2.05, 4.69) is 5.32 Å². The Bertz CT molecular complexity index is 716. The van der Waals surface area contributed by atoms with Crippen molar-refractivity contribution < 1.29 is 13.9 Å². The zero-order valence-electron chi connectivity index (χ0n) is 15.9. The summed E-state index contributed by atoms with van der Waals surface area (Å²) in [6, 6.07) is 11.9. The van der Waals surface area contributed by atoms with E-state index in [4.69, 9.17) is 9.15 Å². The van der Waals surface area contributed by atoms with Crippen molar-refractivity contribution in [1.29, 1.82) is 0 Å². The number of carbonyl (C=O) groups excluding carboxylic acids is 1. The summed E-state index contributed by atoms with van der Waals surface area (Å²) < 4.78 is 11.1. The minimum atomic E-state index is -0.505. The van der Waals surface area contributed by atoms with Gasteiger partial charge in [-0.2, -0.15) is 0 Å². The van der Waals surface area contributed by atoms with Crippen molar-refractivity contribution in [3.8, 4) is 0 Å². The number of nitrogens with one attached hydrogen (secondary N) is 1. The summed E-state index contributed by atoms with van der Waals surface area (Å²) >= 11 is 0. The molecule has 0 spiro atoms. The third-order valence-electron chi connectivity index (χ3n) is 3.69. The number of hydrogen-bond acceptors (Lipinski definition) is 4. The van der Waals surface area contributed by atoms with Crippen molar-refractivity contribution in [3.63, 3.8) is 0 Å². The van der Waals surface area contributed by atoms with Gasteiger partial charge in [0.25, 0.3) is 0 Å². The molecular weight excluding hydrogens is 316 g/mol. The van der Waals surface area contributed by atoms with Crippen molar-refractivity contribution in [2.75, 3.05) is 12.4 Å². The molecule has 0 aliphatic heterocycles. The molecule has 0 aliphatic carbocycles. The van der Waals surface area contributed by atoms with E-state index in [0.717, 1.165) is 22.8 Å². The molecule has 136 valence electrons. The highest BCUT2D eigenvalue weighted by Crippen LogP contribution is 2.25. The molecule has 1 heterocycles. The minimum absolute atomic E-state index is 0.0293. The monoisotopic (exact) mass is 344 g/mol. The van der Waals surface area contributed by atoms with Crippen LogP contribution in [0.2, 0.25) is 0 Å². The van der Waals surface area contributed by atoms with E-state index in [1.165, 1.54) is 0 Å². The molecule has 0 saturated carbocycles. The van der Waals surface area contributed by atoms with E-state index in [9.17, 15) is 4.79 Å². The van der Waals surface area contributed by atoms with Gasteiger partial charge >= 0.3 is 6.09 Å². The molecule has 2 aromatic rings. The molecule has 2 rings (SSSR count). The average Bonchev–Trinajstić information content (AvgIpc) is 2.94. The number of hydrogen-bond donors (Lipinski definition) is 1. The fourth-order valence-corrected chi connectivity index (χ4v) is 2.45. The van der Waals surface area contributed by atoms with Crippen LogP contribution in [0.1, 0.15) is 50.8 Å². The highest BCUT2D eigenvalue weighted by atomic mass is 16.6. The summed E-state index contributed by atoms with van der Waals surface area (Å²) in [5, 5.41) is 3.46. The fourth-order valence-electron chi connectivity index (χ4n) is 2.45. The van der Waals surface area contributed by atoms with Gasteiger partial charge in [-0.05, 0) is 58.4 Å². The number of nitrogens with zero attached hydrogens (tertiary/aromatic N) is 1. The third-order valence-corrected chi connectivity index (χ3v) is 3.69. The maximum Gasteiger partial charge on any atom is 0.410 e. The van der Waals surface area contributed by atoms with Gasteiger partial charge in [-0.15, -0.1) is 0 Å². The molecule has 1 N–H and O–H groups in total. The summed E-state index contributed by atoms with van der Waals surface area (Å²) in [6.07, 6.45) is -0.336. The number of aryl methyl sites for hydroxylation is 1.